The van der Waals surface area contributed by atoms with Gasteiger partial charge in [0, 0.05) is 5.75 Å². The van der Waals surface area contributed by atoms with Crippen LogP contribution >= 0.6 is 11.8 Å². The molecule has 1 aromatic carbocycles. The molecule has 1 N–H and O–H groups in total. The molecule has 0 aromatic heterocycles. The first kappa shape index (κ1) is 14.2. The summed E-state index contributed by atoms with van der Waals surface area (Å²) >= 11 is 1.45. The Morgan fingerprint density at radius 3 is 2.68 bits per heavy atom. The van der Waals surface area contributed by atoms with Crippen molar-refractivity contribution in [3.63, 3.8) is 0 Å². The highest BCUT2D eigenvalue weighted by Gasteiger charge is 2.20. The van der Waals surface area contributed by atoms with Gasteiger partial charge in [0.05, 0.1) is 11.7 Å². The molecular formula is C13H15F3N2S. The Bertz CT molecular complexity index is 503. The van der Waals surface area contributed by atoms with Gasteiger partial charge >= 0.3 is 0 Å². The van der Waals surface area contributed by atoms with Crippen molar-refractivity contribution in [3.05, 3.63) is 29.6 Å². The van der Waals surface area contributed by atoms with Gasteiger partial charge in [-0.1, -0.05) is 25.6 Å². The molecular weight excluding hydrogens is 273 g/mol. The van der Waals surface area contributed by atoms with Crippen LogP contribution < -0.4 is 5.32 Å². The molecule has 6 heteroatoms. The van der Waals surface area contributed by atoms with E-state index in [1.165, 1.54) is 17.8 Å². The highest BCUT2D eigenvalue weighted by molar-refractivity contribution is 8.14. The largest absolute Gasteiger partial charge is 0.332 e. The maximum Gasteiger partial charge on any atom is 0.196 e. The molecule has 1 unspecified atom stereocenters. The highest BCUT2D eigenvalue weighted by Crippen LogP contribution is 2.26. The summed E-state index contributed by atoms with van der Waals surface area (Å²) in [6.07, 6.45) is 0.966. The summed E-state index contributed by atoms with van der Waals surface area (Å²) in [5.74, 6) is -2.60. The normalized spacial score (nSPS) is 19.5. The van der Waals surface area contributed by atoms with E-state index in [-0.39, 0.29) is 11.7 Å². The Hall–Kier alpha value is -1.17. The van der Waals surface area contributed by atoms with Crippen LogP contribution in [0.25, 0.3) is 0 Å². The Balaban J connectivity index is 2.19. The fourth-order valence-corrected chi connectivity index (χ4v) is 2.76. The lowest BCUT2D eigenvalue weighted by molar-refractivity contribution is 0.449. The van der Waals surface area contributed by atoms with Gasteiger partial charge in [-0.15, -0.1) is 0 Å². The minimum atomic E-state index is -1.47. The Labute approximate surface area is 114 Å². The van der Waals surface area contributed by atoms with Gasteiger partial charge in [0.1, 0.15) is 0 Å². The van der Waals surface area contributed by atoms with E-state index < -0.39 is 17.5 Å². The van der Waals surface area contributed by atoms with E-state index in [2.05, 4.69) is 24.2 Å². The van der Waals surface area contributed by atoms with Gasteiger partial charge in [0.2, 0.25) is 0 Å². The number of hydrogen-bond donors (Lipinski definition) is 1. The van der Waals surface area contributed by atoms with Crippen LogP contribution in [-0.2, 0) is 0 Å². The van der Waals surface area contributed by atoms with E-state index in [4.69, 9.17) is 0 Å². The lowest BCUT2D eigenvalue weighted by Gasteiger charge is -2.23. The fraction of sp³-hybridized carbons (Fsp3) is 0.462. The van der Waals surface area contributed by atoms with Crippen LogP contribution in [0.3, 0.4) is 0 Å². The van der Waals surface area contributed by atoms with Gasteiger partial charge in [-0.25, -0.2) is 13.2 Å². The summed E-state index contributed by atoms with van der Waals surface area (Å²) < 4.78 is 39.5. The standard InChI is InChI=1S/C13H15F3N2S/c1-7(2)9-5-6-19-13(17-9)18-10-4-3-8(14)11(15)12(10)16/h3-4,7,9H,5-6H2,1-2H3,(H,17,18). The molecule has 1 aliphatic rings. The maximum atomic E-state index is 13.5. The Morgan fingerprint density at radius 1 is 1.26 bits per heavy atom. The number of anilines is 1. The zero-order valence-corrected chi connectivity index (χ0v) is 11.5. The van der Waals surface area contributed by atoms with Gasteiger partial charge in [-0.05, 0) is 24.5 Å². The molecule has 0 saturated carbocycles. The van der Waals surface area contributed by atoms with Gasteiger partial charge in [-0.3, -0.25) is 4.99 Å². The lowest BCUT2D eigenvalue weighted by atomic mass is 10.0. The van der Waals surface area contributed by atoms with Gasteiger partial charge < -0.3 is 5.32 Å². The number of hydrogen-bond acceptors (Lipinski definition) is 3. The molecule has 0 aliphatic carbocycles. The third-order valence-corrected chi connectivity index (χ3v) is 3.90. The SMILES string of the molecule is CC(C)C1CCSC(Nc2ccc(F)c(F)c2F)=N1. The first-order chi connectivity index (χ1) is 8.99. The Morgan fingerprint density at radius 2 is 2.00 bits per heavy atom. The van der Waals surface area contributed by atoms with Crippen molar-refractivity contribution in [1.29, 1.82) is 0 Å². The number of halogens is 3. The number of aliphatic imine (C=N–C) groups is 1. The Kier molecular flexibility index (Phi) is 4.39. The van der Waals surface area contributed by atoms with E-state index in [1.807, 2.05) is 0 Å². The second-order valence-corrected chi connectivity index (χ2v) is 5.81. The van der Waals surface area contributed by atoms with E-state index in [0.29, 0.717) is 11.1 Å². The van der Waals surface area contributed by atoms with Gasteiger partial charge in [0.25, 0.3) is 0 Å². The van der Waals surface area contributed by atoms with Crippen molar-refractivity contribution >= 4 is 22.6 Å². The molecule has 1 aromatic rings. The summed E-state index contributed by atoms with van der Waals surface area (Å²) in [6.45, 7) is 4.14. The zero-order valence-electron chi connectivity index (χ0n) is 10.7. The molecule has 0 radical (unpaired) electrons. The monoisotopic (exact) mass is 288 g/mol. The molecule has 2 rings (SSSR count). The lowest BCUT2D eigenvalue weighted by Crippen LogP contribution is -2.24. The first-order valence-electron chi connectivity index (χ1n) is 6.10. The van der Waals surface area contributed by atoms with Crippen LogP contribution in [0.2, 0.25) is 0 Å². The van der Waals surface area contributed by atoms with E-state index >= 15 is 0 Å². The molecule has 19 heavy (non-hydrogen) atoms. The second kappa shape index (κ2) is 5.86. The number of nitrogens with one attached hydrogen (secondary N) is 1. The molecule has 1 heterocycles. The second-order valence-electron chi connectivity index (χ2n) is 4.73. The first-order valence-corrected chi connectivity index (χ1v) is 7.08. The van der Waals surface area contributed by atoms with Crippen molar-refractivity contribution in [2.75, 3.05) is 11.1 Å². The number of amidine groups is 1. The summed E-state index contributed by atoms with van der Waals surface area (Å²) in [6, 6.07) is 2.25. The van der Waals surface area contributed by atoms with Gasteiger partial charge in [-0.2, -0.15) is 0 Å². The smallest absolute Gasteiger partial charge is 0.196 e. The average molecular weight is 288 g/mol. The molecule has 1 aliphatic heterocycles. The summed E-state index contributed by atoms with van der Waals surface area (Å²) in [5, 5.41) is 3.28. The van der Waals surface area contributed by atoms with Crippen LogP contribution in [-0.4, -0.2) is 17.0 Å². The maximum absolute atomic E-state index is 13.5. The van der Waals surface area contributed by atoms with Crippen molar-refractivity contribution in [2.24, 2.45) is 10.9 Å². The van der Waals surface area contributed by atoms with E-state index in [9.17, 15) is 13.2 Å². The minimum absolute atomic E-state index is 0.0884. The van der Waals surface area contributed by atoms with Crippen molar-refractivity contribution < 1.29 is 13.2 Å². The zero-order chi connectivity index (χ0) is 14.0. The highest BCUT2D eigenvalue weighted by atomic mass is 32.2. The molecule has 0 bridgehead atoms. The third-order valence-electron chi connectivity index (χ3n) is 2.98. The third kappa shape index (κ3) is 3.23. The van der Waals surface area contributed by atoms with Gasteiger partial charge in [0.15, 0.2) is 22.6 Å². The quantitative estimate of drug-likeness (QED) is 0.831. The summed E-state index contributed by atoms with van der Waals surface area (Å²) in [5.41, 5.74) is -0.0884. The van der Waals surface area contributed by atoms with Crippen LogP contribution in [0.15, 0.2) is 17.1 Å². The number of nitrogens with zero attached hydrogens (tertiary/aromatic N) is 1. The van der Waals surface area contributed by atoms with E-state index in [1.54, 1.807) is 0 Å². The van der Waals surface area contributed by atoms with Crippen LogP contribution in [0.4, 0.5) is 18.9 Å². The average Bonchev–Trinajstić information content (AvgIpc) is 2.40. The predicted molar refractivity (Wildman–Crippen MR) is 73.1 cm³/mol. The molecule has 2 nitrogen and oxygen atoms in total. The number of rotatable bonds is 2. The van der Waals surface area contributed by atoms with Crippen LogP contribution in [0, 0.1) is 23.4 Å². The van der Waals surface area contributed by atoms with Crippen molar-refractivity contribution in [3.8, 4) is 0 Å². The molecule has 0 spiro atoms. The van der Waals surface area contributed by atoms with Crippen LogP contribution in [0.1, 0.15) is 20.3 Å². The van der Waals surface area contributed by atoms with Crippen molar-refractivity contribution in [2.45, 2.75) is 26.3 Å². The topological polar surface area (TPSA) is 24.4 Å². The minimum Gasteiger partial charge on any atom is -0.332 e. The fourth-order valence-electron chi connectivity index (χ4n) is 1.82. The summed E-state index contributed by atoms with van der Waals surface area (Å²) in [4.78, 5) is 4.46. The number of benzene rings is 1. The molecule has 0 saturated heterocycles. The summed E-state index contributed by atoms with van der Waals surface area (Å²) in [7, 11) is 0. The van der Waals surface area contributed by atoms with Crippen molar-refractivity contribution in [1.82, 2.24) is 0 Å². The van der Waals surface area contributed by atoms with Crippen LogP contribution in [0.5, 0.6) is 0 Å². The molecule has 104 valence electrons. The molecule has 0 fully saturated rings. The molecule has 0 amide bonds. The number of thioether (sulfide) groups is 1. The predicted octanol–water partition coefficient (Wildman–Crippen LogP) is 4.03. The van der Waals surface area contributed by atoms with E-state index in [0.717, 1.165) is 18.2 Å². The molecule has 1 atom stereocenters.